The highest BCUT2D eigenvalue weighted by molar-refractivity contribution is 9.10. The van der Waals surface area contributed by atoms with Crippen molar-refractivity contribution in [2.75, 3.05) is 51.0 Å². The molecule has 2 heterocycles. The highest BCUT2D eigenvalue weighted by atomic mass is 79.9. The summed E-state index contributed by atoms with van der Waals surface area (Å²) in [5.74, 6) is 1.42. The Morgan fingerprint density at radius 2 is 2.00 bits per heavy atom. The van der Waals surface area contributed by atoms with Gasteiger partial charge in [-0.15, -0.1) is 0 Å². The number of halogens is 1. The van der Waals surface area contributed by atoms with Gasteiger partial charge in [-0.1, -0.05) is 0 Å². The summed E-state index contributed by atoms with van der Waals surface area (Å²) >= 11 is 3.45. The Bertz CT molecular complexity index is 377. The van der Waals surface area contributed by atoms with Gasteiger partial charge < -0.3 is 15.6 Å². The molecule has 1 aliphatic rings. The summed E-state index contributed by atoms with van der Waals surface area (Å²) in [4.78, 5) is 10.8. The van der Waals surface area contributed by atoms with E-state index in [1.54, 1.807) is 6.20 Å². The molecule has 0 aromatic carbocycles. The van der Waals surface area contributed by atoms with Gasteiger partial charge in [0.1, 0.15) is 0 Å². The third-order valence-electron chi connectivity index (χ3n) is 2.74. The SMILES string of the molecule is CNc1ncc(Br)c(NN2CCN(C)CC2)n1. The summed E-state index contributed by atoms with van der Waals surface area (Å²) in [6, 6.07) is 0. The zero-order valence-corrected chi connectivity index (χ0v) is 11.7. The first kappa shape index (κ1) is 12.5. The smallest absolute Gasteiger partial charge is 0.224 e. The molecule has 17 heavy (non-hydrogen) atoms. The second-order valence-corrected chi connectivity index (χ2v) is 4.90. The molecule has 1 aromatic heterocycles. The van der Waals surface area contributed by atoms with E-state index in [9.17, 15) is 0 Å². The topological polar surface area (TPSA) is 56.3 Å². The zero-order chi connectivity index (χ0) is 12.3. The number of piperazine rings is 1. The normalized spacial score (nSPS) is 18.1. The number of hydrogen-bond donors (Lipinski definition) is 2. The van der Waals surface area contributed by atoms with E-state index in [2.05, 4.69) is 53.6 Å². The van der Waals surface area contributed by atoms with E-state index in [1.807, 2.05) is 7.05 Å². The fourth-order valence-corrected chi connectivity index (χ4v) is 1.91. The van der Waals surface area contributed by atoms with Gasteiger partial charge in [-0.3, -0.25) is 0 Å². The maximum absolute atomic E-state index is 4.37. The van der Waals surface area contributed by atoms with Crippen molar-refractivity contribution in [3.63, 3.8) is 0 Å². The minimum Gasteiger partial charge on any atom is -0.357 e. The standard InChI is InChI=1S/C10H17BrN6/c1-12-10-13-7-8(11)9(14-10)15-17-5-3-16(2)4-6-17/h7H,3-6H2,1-2H3,(H2,12,13,14,15). The van der Waals surface area contributed by atoms with Gasteiger partial charge in [0, 0.05) is 39.4 Å². The maximum atomic E-state index is 4.37. The number of aromatic nitrogens is 2. The minimum absolute atomic E-state index is 0.616. The number of likely N-dealkylation sites (N-methyl/N-ethyl adjacent to an activating group) is 1. The lowest BCUT2D eigenvalue weighted by Gasteiger charge is -2.32. The average Bonchev–Trinajstić information content (AvgIpc) is 2.35. The van der Waals surface area contributed by atoms with E-state index in [0.717, 1.165) is 36.5 Å². The van der Waals surface area contributed by atoms with Gasteiger partial charge in [-0.05, 0) is 23.0 Å². The van der Waals surface area contributed by atoms with Crippen molar-refractivity contribution in [1.29, 1.82) is 0 Å². The van der Waals surface area contributed by atoms with Gasteiger partial charge in [-0.2, -0.15) is 4.98 Å². The molecule has 94 valence electrons. The van der Waals surface area contributed by atoms with Gasteiger partial charge in [0.25, 0.3) is 0 Å². The third kappa shape index (κ3) is 3.27. The Kier molecular flexibility index (Phi) is 4.14. The Balaban J connectivity index is 2.02. The van der Waals surface area contributed by atoms with E-state index >= 15 is 0 Å². The van der Waals surface area contributed by atoms with Crippen LogP contribution in [-0.2, 0) is 0 Å². The van der Waals surface area contributed by atoms with E-state index in [4.69, 9.17) is 0 Å². The predicted molar refractivity (Wildman–Crippen MR) is 72.0 cm³/mol. The van der Waals surface area contributed by atoms with E-state index in [-0.39, 0.29) is 0 Å². The molecule has 2 rings (SSSR count). The lowest BCUT2D eigenvalue weighted by Crippen LogP contribution is -2.47. The third-order valence-corrected chi connectivity index (χ3v) is 3.32. The molecule has 0 atom stereocenters. The monoisotopic (exact) mass is 300 g/mol. The van der Waals surface area contributed by atoms with E-state index in [1.165, 1.54) is 0 Å². The molecule has 6 nitrogen and oxygen atoms in total. The Labute approximate surface area is 110 Å². The van der Waals surface area contributed by atoms with Crippen molar-refractivity contribution < 1.29 is 0 Å². The Morgan fingerprint density at radius 1 is 1.29 bits per heavy atom. The van der Waals surface area contributed by atoms with Gasteiger partial charge in [0.2, 0.25) is 5.95 Å². The quantitative estimate of drug-likeness (QED) is 0.863. The molecule has 1 fully saturated rings. The lowest BCUT2D eigenvalue weighted by molar-refractivity contribution is 0.178. The highest BCUT2D eigenvalue weighted by Crippen LogP contribution is 2.20. The van der Waals surface area contributed by atoms with Crippen LogP contribution in [0.2, 0.25) is 0 Å². The van der Waals surface area contributed by atoms with Crippen molar-refractivity contribution >= 4 is 27.7 Å². The van der Waals surface area contributed by atoms with Gasteiger partial charge >= 0.3 is 0 Å². The summed E-state index contributed by atoms with van der Waals surface area (Å²) in [6.45, 7) is 4.10. The molecule has 1 aromatic rings. The molecule has 0 radical (unpaired) electrons. The Morgan fingerprint density at radius 3 is 2.65 bits per heavy atom. The summed E-state index contributed by atoms with van der Waals surface area (Å²) in [5.41, 5.74) is 3.31. The molecule has 0 saturated carbocycles. The van der Waals surface area contributed by atoms with Crippen molar-refractivity contribution in [2.24, 2.45) is 0 Å². The second kappa shape index (κ2) is 5.61. The number of rotatable bonds is 3. The number of nitrogens with zero attached hydrogens (tertiary/aromatic N) is 4. The average molecular weight is 301 g/mol. The fraction of sp³-hybridized carbons (Fsp3) is 0.600. The van der Waals surface area contributed by atoms with E-state index in [0.29, 0.717) is 5.95 Å². The van der Waals surface area contributed by atoms with Crippen LogP contribution >= 0.6 is 15.9 Å². The maximum Gasteiger partial charge on any atom is 0.224 e. The largest absolute Gasteiger partial charge is 0.357 e. The summed E-state index contributed by atoms with van der Waals surface area (Å²) in [6.07, 6.45) is 1.75. The predicted octanol–water partition coefficient (Wildman–Crippen LogP) is 0.855. The van der Waals surface area contributed by atoms with Crippen LogP contribution in [0.25, 0.3) is 0 Å². The van der Waals surface area contributed by atoms with E-state index < -0.39 is 0 Å². The van der Waals surface area contributed by atoms with Crippen LogP contribution in [0.5, 0.6) is 0 Å². The van der Waals surface area contributed by atoms with Crippen molar-refractivity contribution in [1.82, 2.24) is 19.9 Å². The molecular formula is C10H17BrN6. The molecule has 0 unspecified atom stereocenters. The second-order valence-electron chi connectivity index (χ2n) is 4.04. The summed E-state index contributed by atoms with van der Waals surface area (Å²) in [5, 5.41) is 5.10. The number of nitrogens with one attached hydrogen (secondary N) is 2. The molecule has 0 aliphatic carbocycles. The number of anilines is 2. The molecule has 1 saturated heterocycles. The fourth-order valence-electron chi connectivity index (χ4n) is 1.63. The van der Waals surface area contributed by atoms with Crippen LogP contribution in [0.15, 0.2) is 10.7 Å². The molecule has 2 N–H and O–H groups in total. The number of hydrogen-bond acceptors (Lipinski definition) is 6. The van der Waals surface area contributed by atoms with Crippen LogP contribution in [0.4, 0.5) is 11.8 Å². The van der Waals surface area contributed by atoms with Crippen LogP contribution in [0, 0.1) is 0 Å². The highest BCUT2D eigenvalue weighted by Gasteiger charge is 2.15. The van der Waals surface area contributed by atoms with Crippen molar-refractivity contribution in [2.45, 2.75) is 0 Å². The first-order chi connectivity index (χ1) is 8.19. The molecular weight excluding hydrogens is 284 g/mol. The van der Waals surface area contributed by atoms with Crippen LogP contribution in [0.1, 0.15) is 0 Å². The molecule has 7 heteroatoms. The van der Waals surface area contributed by atoms with Gasteiger partial charge in [0.05, 0.1) is 4.47 Å². The molecule has 0 bridgehead atoms. The van der Waals surface area contributed by atoms with Crippen LogP contribution in [-0.4, -0.2) is 60.2 Å². The van der Waals surface area contributed by atoms with Crippen molar-refractivity contribution in [3.8, 4) is 0 Å². The van der Waals surface area contributed by atoms with Gasteiger partial charge in [-0.25, -0.2) is 9.99 Å². The molecule has 0 spiro atoms. The minimum atomic E-state index is 0.616. The zero-order valence-electron chi connectivity index (χ0n) is 10.1. The molecule has 1 aliphatic heterocycles. The van der Waals surface area contributed by atoms with Crippen molar-refractivity contribution in [3.05, 3.63) is 10.7 Å². The first-order valence-electron chi connectivity index (χ1n) is 5.59. The lowest BCUT2D eigenvalue weighted by atomic mass is 10.4. The number of hydrazine groups is 1. The van der Waals surface area contributed by atoms with Crippen LogP contribution in [0.3, 0.4) is 0 Å². The first-order valence-corrected chi connectivity index (χ1v) is 6.39. The summed E-state index contributed by atoms with van der Waals surface area (Å²) < 4.78 is 0.871. The summed E-state index contributed by atoms with van der Waals surface area (Å²) in [7, 11) is 3.94. The Hall–Kier alpha value is -0.920. The van der Waals surface area contributed by atoms with Crippen LogP contribution < -0.4 is 10.7 Å². The van der Waals surface area contributed by atoms with Gasteiger partial charge in [0.15, 0.2) is 5.82 Å². The molecule has 0 amide bonds.